The number of carbonyl (C=O) groups is 2. The van der Waals surface area contributed by atoms with Crippen molar-refractivity contribution in [1.29, 1.82) is 0 Å². The summed E-state index contributed by atoms with van der Waals surface area (Å²) in [6.07, 6.45) is 9.59. The molecule has 4 heterocycles. The van der Waals surface area contributed by atoms with Gasteiger partial charge in [0.05, 0.1) is 0 Å². The molecule has 2 aliphatic rings. The van der Waals surface area contributed by atoms with Crippen LogP contribution in [0.15, 0.2) is 49.1 Å². The minimum Gasteiger partial charge on any atom is -0.450 e. The molecular formula is C31H43N7O4. The van der Waals surface area contributed by atoms with E-state index < -0.39 is 12.4 Å². The minimum atomic E-state index is -1.23. The van der Waals surface area contributed by atoms with E-state index in [1.54, 1.807) is 24.8 Å². The van der Waals surface area contributed by atoms with Crippen LogP contribution in [0.1, 0.15) is 60.7 Å². The number of amides is 1. The number of carboxylic acid groups (broad SMARTS) is 1. The maximum atomic E-state index is 13.0. The van der Waals surface area contributed by atoms with Crippen LogP contribution in [0.25, 0.3) is 0 Å². The third-order valence-corrected chi connectivity index (χ3v) is 8.56. The number of ether oxygens (including phenoxy) is 1. The van der Waals surface area contributed by atoms with Gasteiger partial charge >= 0.3 is 6.16 Å². The highest BCUT2D eigenvalue weighted by Gasteiger charge is 2.47. The molecule has 5 rings (SSSR count). The van der Waals surface area contributed by atoms with E-state index in [0.29, 0.717) is 37.4 Å². The van der Waals surface area contributed by atoms with Gasteiger partial charge in [-0.1, -0.05) is 26.0 Å². The van der Waals surface area contributed by atoms with E-state index >= 15 is 0 Å². The standard InChI is InChI=1S/C31H43N7O4/c1-22(2)19-37-13-7-31(8-14-37)17-28(42-30(40)41)38(21-31)20-23-3-5-25(6-4-23)29(39)36-18-24(15-26-32-9-10-33-26)16-27-34-11-12-35-27/h3-6,9-12,22,24,28H,7-8,13-21H2,1-2H3,(H,32,33)(H,34,35)(H,36,39)(H,40,41). The highest BCUT2D eigenvalue weighted by Crippen LogP contribution is 2.44. The molecule has 11 nitrogen and oxygen atoms in total. The van der Waals surface area contributed by atoms with Crippen LogP contribution in [0.2, 0.25) is 0 Å². The van der Waals surface area contributed by atoms with Crippen molar-refractivity contribution in [3.05, 3.63) is 71.8 Å². The van der Waals surface area contributed by atoms with E-state index in [1.165, 1.54) is 0 Å². The van der Waals surface area contributed by atoms with Gasteiger partial charge in [0.1, 0.15) is 11.6 Å². The molecule has 2 aliphatic heterocycles. The Hall–Kier alpha value is -3.70. The monoisotopic (exact) mass is 577 g/mol. The van der Waals surface area contributed by atoms with Gasteiger partial charge in [0.15, 0.2) is 6.23 Å². The number of carbonyl (C=O) groups excluding carboxylic acids is 1. The molecule has 2 fully saturated rings. The molecule has 42 heavy (non-hydrogen) atoms. The molecule has 0 saturated carbocycles. The first-order valence-electron chi connectivity index (χ1n) is 15.0. The molecule has 1 atom stereocenters. The number of imidazole rings is 2. The smallest absolute Gasteiger partial charge is 0.450 e. The zero-order valence-corrected chi connectivity index (χ0v) is 24.6. The number of rotatable bonds is 12. The summed E-state index contributed by atoms with van der Waals surface area (Å²) in [5.74, 6) is 2.37. The number of hydrogen-bond acceptors (Lipinski definition) is 7. The van der Waals surface area contributed by atoms with Crippen LogP contribution >= 0.6 is 0 Å². The first kappa shape index (κ1) is 29.8. The SMILES string of the molecule is CC(C)CN1CCC2(CC1)CC(OC(=O)O)N(Cc1ccc(C(=O)NCC(Cc3ncc[nH]3)Cc3ncc[nH]3)cc1)C2. The summed E-state index contributed by atoms with van der Waals surface area (Å²) in [6, 6.07) is 7.57. The largest absolute Gasteiger partial charge is 0.507 e. The lowest BCUT2D eigenvalue weighted by Crippen LogP contribution is -2.42. The number of benzene rings is 1. The van der Waals surface area contributed by atoms with Gasteiger partial charge in [0, 0.05) is 75.8 Å². The number of H-pyrrole nitrogens is 2. The van der Waals surface area contributed by atoms with Gasteiger partial charge in [-0.15, -0.1) is 0 Å². The summed E-state index contributed by atoms with van der Waals surface area (Å²) >= 11 is 0. The lowest BCUT2D eigenvalue weighted by molar-refractivity contribution is -0.0175. The van der Waals surface area contributed by atoms with Gasteiger partial charge < -0.3 is 30.0 Å². The molecule has 4 N–H and O–H groups in total. The molecule has 1 amide bonds. The van der Waals surface area contributed by atoms with Gasteiger partial charge in [0.2, 0.25) is 0 Å². The molecule has 1 unspecified atom stereocenters. The number of nitrogens with zero attached hydrogens (tertiary/aromatic N) is 4. The summed E-state index contributed by atoms with van der Waals surface area (Å²) in [5, 5.41) is 12.5. The molecule has 0 bridgehead atoms. The van der Waals surface area contributed by atoms with E-state index in [9.17, 15) is 14.7 Å². The van der Waals surface area contributed by atoms with Gasteiger partial charge in [-0.3, -0.25) is 9.69 Å². The number of hydrogen-bond donors (Lipinski definition) is 4. The van der Waals surface area contributed by atoms with Gasteiger partial charge in [0.25, 0.3) is 5.91 Å². The topological polar surface area (TPSA) is 139 Å². The Morgan fingerprint density at radius 1 is 1.07 bits per heavy atom. The molecule has 3 aromatic rings. The van der Waals surface area contributed by atoms with Crippen molar-refractivity contribution >= 4 is 12.1 Å². The Bertz CT molecular complexity index is 1230. The van der Waals surface area contributed by atoms with Gasteiger partial charge in [-0.05, 0) is 60.9 Å². The average Bonchev–Trinajstić information content (AvgIpc) is 3.72. The van der Waals surface area contributed by atoms with Crippen molar-refractivity contribution in [3.8, 4) is 0 Å². The Kier molecular flexibility index (Phi) is 9.58. The summed E-state index contributed by atoms with van der Waals surface area (Å²) in [4.78, 5) is 44.1. The van der Waals surface area contributed by atoms with Crippen LogP contribution in [0, 0.1) is 17.3 Å². The Morgan fingerprint density at radius 3 is 2.26 bits per heavy atom. The second-order valence-electron chi connectivity index (χ2n) is 12.4. The number of aromatic amines is 2. The normalized spacial score (nSPS) is 19.1. The van der Waals surface area contributed by atoms with Crippen LogP contribution in [-0.4, -0.2) is 85.9 Å². The zero-order valence-electron chi connectivity index (χ0n) is 24.6. The fourth-order valence-electron chi connectivity index (χ4n) is 6.49. The third kappa shape index (κ3) is 7.98. The second kappa shape index (κ2) is 13.5. The van der Waals surface area contributed by atoms with Crippen LogP contribution in [0.4, 0.5) is 4.79 Å². The Balaban J connectivity index is 1.17. The van der Waals surface area contributed by atoms with Crippen LogP contribution < -0.4 is 5.32 Å². The molecule has 0 radical (unpaired) electrons. The fraction of sp³-hybridized carbons (Fsp3) is 0.548. The van der Waals surface area contributed by atoms with Crippen molar-refractivity contribution in [3.63, 3.8) is 0 Å². The molecule has 0 aliphatic carbocycles. The van der Waals surface area contributed by atoms with E-state index in [4.69, 9.17) is 4.74 Å². The lowest BCUT2D eigenvalue weighted by Gasteiger charge is -2.39. The quantitative estimate of drug-likeness (QED) is 0.238. The molecule has 2 saturated heterocycles. The molecule has 2 aromatic heterocycles. The second-order valence-corrected chi connectivity index (χ2v) is 12.4. The van der Waals surface area contributed by atoms with Gasteiger partial charge in [-0.2, -0.15) is 0 Å². The highest BCUT2D eigenvalue weighted by molar-refractivity contribution is 5.94. The first-order valence-corrected chi connectivity index (χ1v) is 15.0. The van der Waals surface area contributed by atoms with Gasteiger partial charge in [-0.25, -0.2) is 14.8 Å². The predicted molar refractivity (Wildman–Crippen MR) is 158 cm³/mol. The van der Waals surface area contributed by atoms with Crippen molar-refractivity contribution in [1.82, 2.24) is 35.1 Å². The van der Waals surface area contributed by atoms with E-state index in [-0.39, 0.29) is 17.2 Å². The van der Waals surface area contributed by atoms with Crippen molar-refractivity contribution < 1.29 is 19.4 Å². The summed E-state index contributed by atoms with van der Waals surface area (Å²) in [7, 11) is 0. The molecule has 226 valence electrons. The minimum absolute atomic E-state index is 0.0786. The number of likely N-dealkylation sites (tertiary alicyclic amines) is 2. The average molecular weight is 578 g/mol. The van der Waals surface area contributed by atoms with Crippen LogP contribution in [-0.2, 0) is 24.1 Å². The number of aromatic nitrogens is 4. The number of nitrogens with one attached hydrogen (secondary N) is 3. The molecule has 1 aromatic carbocycles. The maximum absolute atomic E-state index is 13.0. The van der Waals surface area contributed by atoms with Crippen LogP contribution in [0.3, 0.4) is 0 Å². The maximum Gasteiger partial charge on any atom is 0.507 e. The van der Waals surface area contributed by atoms with E-state index in [1.807, 2.05) is 24.3 Å². The van der Waals surface area contributed by atoms with Crippen molar-refractivity contribution in [2.45, 2.75) is 58.7 Å². The molecule has 1 spiro atoms. The van der Waals surface area contributed by atoms with E-state index in [0.717, 1.165) is 62.7 Å². The first-order chi connectivity index (χ1) is 20.3. The third-order valence-electron chi connectivity index (χ3n) is 8.56. The summed E-state index contributed by atoms with van der Waals surface area (Å²) < 4.78 is 5.36. The predicted octanol–water partition coefficient (Wildman–Crippen LogP) is 3.93. The van der Waals surface area contributed by atoms with Crippen molar-refractivity contribution in [2.24, 2.45) is 17.3 Å². The Labute approximate surface area is 247 Å². The van der Waals surface area contributed by atoms with Crippen LogP contribution in [0.5, 0.6) is 0 Å². The number of piperidine rings is 1. The summed E-state index contributed by atoms with van der Waals surface area (Å²) in [5.41, 5.74) is 1.69. The lowest BCUT2D eigenvalue weighted by atomic mass is 9.77. The zero-order chi connectivity index (χ0) is 29.5. The highest BCUT2D eigenvalue weighted by atomic mass is 16.7. The fourth-order valence-corrected chi connectivity index (χ4v) is 6.49. The molecule has 11 heteroatoms. The summed E-state index contributed by atoms with van der Waals surface area (Å²) in [6.45, 7) is 9.55. The van der Waals surface area contributed by atoms with Crippen molar-refractivity contribution in [2.75, 3.05) is 32.7 Å². The Morgan fingerprint density at radius 2 is 1.71 bits per heavy atom. The molecular weight excluding hydrogens is 534 g/mol. The van der Waals surface area contributed by atoms with E-state index in [2.05, 4.69) is 48.9 Å².